The molecule has 0 aliphatic rings. The topological polar surface area (TPSA) is 71.6 Å². The second-order valence-electron chi connectivity index (χ2n) is 7.20. The van der Waals surface area contributed by atoms with Gasteiger partial charge in [0.25, 0.3) is 0 Å². The Morgan fingerprint density at radius 3 is 2.37 bits per heavy atom. The molecule has 0 aliphatic heterocycles. The van der Waals surface area contributed by atoms with E-state index in [1.54, 1.807) is 43.9 Å². The van der Waals surface area contributed by atoms with E-state index in [-0.39, 0.29) is 11.4 Å². The molecular formula is C22H20N4O. The number of rotatable bonds is 4. The lowest BCUT2D eigenvalue weighted by Gasteiger charge is -2.15. The Morgan fingerprint density at radius 2 is 1.78 bits per heavy atom. The van der Waals surface area contributed by atoms with Crippen LogP contribution in [0.5, 0.6) is 0 Å². The van der Waals surface area contributed by atoms with E-state index in [1.807, 2.05) is 54.7 Å². The highest BCUT2D eigenvalue weighted by atomic mass is 16.1. The Bertz CT molecular complexity index is 1020. The molecule has 0 spiro atoms. The van der Waals surface area contributed by atoms with Crippen LogP contribution in [0.4, 0.5) is 0 Å². The zero-order chi connectivity index (χ0) is 19.4. The average molecular weight is 356 g/mol. The minimum Gasteiger partial charge on any atom is -0.293 e. The first kappa shape index (κ1) is 18.3. The van der Waals surface area contributed by atoms with Crippen molar-refractivity contribution in [3.63, 3.8) is 0 Å². The first-order valence-electron chi connectivity index (χ1n) is 8.62. The Labute approximate surface area is 158 Å². The molecule has 1 aromatic carbocycles. The van der Waals surface area contributed by atoms with E-state index in [9.17, 15) is 10.1 Å². The van der Waals surface area contributed by atoms with Crippen molar-refractivity contribution in [1.29, 1.82) is 5.26 Å². The summed E-state index contributed by atoms with van der Waals surface area (Å²) in [5.41, 5.74) is 2.65. The number of hydrogen-bond donors (Lipinski definition) is 0. The molecule has 0 saturated heterocycles. The number of Topliss-reactive ketones (excluding diaryl/α,β-unsaturated/α-hetero) is 1. The summed E-state index contributed by atoms with van der Waals surface area (Å²) in [4.78, 5) is 16.6. The van der Waals surface area contributed by atoms with Gasteiger partial charge in [0.2, 0.25) is 0 Å². The van der Waals surface area contributed by atoms with Gasteiger partial charge in [0, 0.05) is 35.1 Å². The summed E-state index contributed by atoms with van der Waals surface area (Å²) in [6.45, 7) is 5.41. The smallest absolute Gasteiger partial charge is 0.178 e. The van der Waals surface area contributed by atoms with Gasteiger partial charge >= 0.3 is 0 Å². The molecule has 0 aliphatic carbocycles. The minimum absolute atomic E-state index is 0.116. The highest BCUT2D eigenvalue weighted by Crippen LogP contribution is 2.27. The van der Waals surface area contributed by atoms with Gasteiger partial charge in [-0.15, -0.1) is 0 Å². The van der Waals surface area contributed by atoms with Crippen LogP contribution in [0.25, 0.3) is 23.0 Å². The van der Waals surface area contributed by atoms with Gasteiger partial charge in [0.05, 0.1) is 11.3 Å². The molecule has 134 valence electrons. The predicted octanol–water partition coefficient (Wildman–Crippen LogP) is 4.46. The third-order valence-electron chi connectivity index (χ3n) is 4.06. The molecule has 2 aromatic heterocycles. The standard InChI is InChI=1S/C22H20N4O/c1-22(2,3)21(27)17(14-23)13-18-15-26(19-7-5-4-6-8-19)25-20(18)16-9-11-24-12-10-16/h4-13,15H,1-3H3. The lowest BCUT2D eigenvalue weighted by atomic mass is 9.86. The van der Waals surface area contributed by atoms with Crippen molar-refractivity contribution in [1.82, 2.24) is 14.8 Å². The molecule has 0 unspecified atom stereocenters. The van der Waals surface area contributed by atoms with Gasteiger partial charge in [-0.05, 0) is 30.3 Å². The van der Waals surface area contributed by atoms with Crippen molar-refractivity contribution in [2.24, 2.45) is 5.41 Å². The summed E-state index contributed by atoms with van der Waals surface area (Å²) in [6.07, 6.45) is 6.83. The summed E-state index contributed by atoms with van der Waals surface area (Å²) < 4.78 is 1.75. The number of nitrogens with zero attached hydrogens (tertiary/aromatic N) is 4. The number of aromatic nitrogens is 3. The summed E-state index contributed by atoms with van der Waals surface area (Å²) in [7, 11) is 0. The van der Waals surface area contributed by atoms with E-state index in [2.05, 4.69) is 10.1 Å². The third kappa shape index (κ3) is 4.01. The highest BCUT2D eigenvalue weighted by molar-refractivity contribution is 6.06. The highest BCUT2D eigenvalue weighted by Gasteiger charge is 2.25. The van der Waals surface area contributed by atoms with Crippen molar-refractivity contribution in [3.05, 3.63) is 72.2 Å². The number of pyridine rings is 1. The zero-order valence-corrected chi connectivity index (χ0v) is 15.5. The predicted molar refractivity (Wildman–Crippen MR) is 105 cm³/mol. The number of hydrogen-bond acceptors (Lipinski definition) is 4. The fourth-order valence-electron chi connectivity index (χ4n) is 2.65. The number of carbonyl (C=O) groups is 1. The number of allylic oxidation sites excluding steroid dienone is 1. The normalized spacial score (nSPS) is 11.9. The Morgan fingerprint density at radius 1 is 1.11 bits per heavy atom. The average Bonchev–Trinajstić information content (AvgIpc) is 3.10. The molecule has 2 heterocycles. The SMILES string of the molecule is CC(C)(C)C(=O)C(C#N)=Cc1cn(-c2ccccc2)nc1-c1ccncc1. The summed E-state index contributed by atoms with van der Waals surface area (Å²) in [6, 6.07) is 15.5. The van der Waals surface area contributed by atoms with Crippen molar-refractivity contribution in [3.8, 4) is 23.0 Å². The van der Waals surface area contributed by atoms with Gasteiger partial charge in [0.1, 0.15) is 11.8 Å². The molecule has 3 aromatic rings. The third-order valence-corrected chi connectivity index (χ3v) is 4.06. The fraction of sp³-hybridized carbons (Fsp3) is 0.182. The van der Waals surface area contributed by atoms with Crippen molar-refractivity contribution in [2.45, 2.75) is 20.8 Å². The minimum atomic E-state index is -0.631. The lowest BCUT2D eigenvalue weighted by Crippen LogP contribution is -2.21. The van der Waals surface area contributed by atoms with E-state index in [4.69, 9.17) is 0 Å². The van der Waals surface area contributed by atoms with Gasteiger partial charge in [-0.3, -0.25) is 9.78 Å². The van der Waals surface area contributed by atoms with E-state index < -0.39 is 5.41 Å². The molecule has 3 rings (SSSR count). The maximum absolute atomic E-state index is 12.6. The first-order valence-corrected chi connectivity index (χ1v) is 8.62. The van der Waals surface area contributed by atoms with Crippen LogP contribution < -0.4 is 0 Å². The maximum atomic E-state index is 12.6. The molecule has 0 saturated carbocycles. The molecule has 0 N–H and O–H groups in total. The van der Waals surface area contributed by atoms with Gasteiger partial charge in [-0.1, -0.05) is 39.0 Å². The molecule has 27 heavy (non-hydrogen) atoms. The van der Waals surface area contributed by atoms with Crippen LogP contribution in [0.3, 0.4) is 0 Å². The van der Waals surface area contributed by atoms with Crippen LogP contribution >= 0.6 is 0 Å². The molecule has 5 heteroatoms. The van der Waals surface area contributed by atoms with E-state index in [1.165, 1.54) is 0 Å². The van der Waals surface area contributed by atoms with E-state index >= 15 is 0 Å². The van der Waals surface area contributed by atoms with Crippen LogP contribution in [0.15, 0.2) is 66.6 Å². The van der Waals surface area contributed by atoms with Gasteiger partial charge in [0.15, 0.2) is 5.78 Å². The fourth-order valence-corrected chi connectivity index (χ4v) is 2.65. The summed E-state index contributed by atoms with van der Waals surface area (Å²) >= 11 is 0. The van der Waals surface area contributed by atoms with E-state index in [0.29, 0.717) is 11.3 Å². The van der Waals surface area contributed by atoms with Crippen LogP contribution in [-0.2, 0) is 4.79 Å². The quantitative estimate of drug-likeness (QED) is 0.511. The van der Waals surface area contributed by atoms with Crippen LogP contribution in [0, 0.1) is 16.7 Å². The Kier molecular flexibility index (Phi) is 5.00. The van der Waals surface area contributed by atoms with Gasteiger partial charge < -0.3 is 0 Å². The summed E-state index contributed by atoms with van der Waals surface area (Å²) in [5, 5.41) is 14.2. The largest absolute Gasteiger partial charge is 0.293 e. The lowest BCUT2D eigenvalue weighted by molar-refractivity contribution is -0.121. The van der Waals surface area contributed by atoms with Crippen LogP contribution in [-0.4, -0.2) is 20.5 Å². The Balaban J connectivity index is 2.16. The molecule has 0 fully saturated rings. The second-order valence-corrected chi connectivity index (χ2v) is 7.20. The van der Waals surface area contributed by atoms with Gasteiger partial charge in [-0.25, -0.2) is 4.68 Å². The monoisotopic (exact) mass is 356 g/mol. The van der Waals surface area contributed by atoms with E-state index in [0.717, 1.165) is 11.3 Å². The van der Waals surface area contributed by atoms with Crippen molar-refractivity contribution < 1.29 is 4.79 Å². The molecular weight excluding hydrogens is 336 g/mol. The number of nitriles is 1. The molecule has 5 nitrogen and oxygen atoms in total. The number of para-hydroxylation sites is 1. The zero-order valence-electron chi connectivity index (χ0n) is 15.5. The second kappa shape index (κ2) is 7.38. The van der Waals surface area contributed by atoms with Gasteiger partial charge in [-0.2, -0.15) is 10.4 Å². The molecule has 0 bridgehead atoms. The Hall–Kier alpha value is -3.52. The molecule has 0 atom stereocenters. The molecule has 0 radical (unpaired) electrons. The van der Waals surface area contributed by atoms with Crippen molar-refractivity contribution >= 4 is 11.9 Å². The van der Waals surface area contributed by atoms with Crippen molar-refractivity contribution in [2.75, 3.05) is 0 Å². The van der Waals surface area contributed by atoms with Crippen LogP contribution in [0.2, 0.25) is 0 Å². The first-order chi connectivity index (χ1) is 12.9. The number of ketones is 1. The van der Waals surface area contributed by atoms with Crippen LogP contribution in [0.1, 0.15) is 26.3 Å². The summed E-state index contributed by atoms with van der Waals surface area (Å²) in [5.74, 6) is -0.196. The number of benzene rings is 1. The maximum Gasteiger partial charge on any atom is 0.178 e. The number of carbonyl (C=O) groups excluding carboxylic acids is 1. The molecule has 0 amide bonds.